The van der Waals surface area contributed by atoms with Crippen molar-refractivity contribution in [2.75, 3.05) is 13.2 Å². The average molecular weight is 1030 g/mol. The number of carbonyl (C=O) groups excluding carboxylic acids is 4. The second-order valence-electron chi connectivity index (χ2n) is 21.9. The van der Waals surface area contributed by atoms with Crippen LogP contribution in [0, 0.1) is 11.8 Å². The van der Waals surface area contributed by atoms with Crippen LogP contribution in [0.15, 0.2) is 110 Å². The Hall–Kier alpha value is -5.29. The van der Waals surface area contributed by atoms with Crippen molar-refractivity contribution in [2.45, 2.75) is 167 Å². The molecule has 396 valence electrons. The Labute approximate surface area is 432 Å². The van der Waals surface area contributed by atoms with Gasteiger partial charge < -0.3 is 38.0 Å². The molecule has 0 radical (unpaired) electrons. The van der Waals surface area contributed by atoms with Crippen molar-refractivity contribution < 1.29 is 57.2 Å². The number of esters is 4. The number of phenolic OH excluding ortho intramolecular Hbond substituents is 1. The normalized spacial score (nSPS) is 22.6. The summed E-state index contributed by atoms with van der Waals surface area (Å²) < 4.78 is 35.6. The molecule has 4 rings (SSSR count). The average Bonchev–Trinajstić information content (AvgIpc) is 3.28. The number of aliphatic hydroxyl groups is 1. The van der Waals surface area contributed by atoms with E-state index >= 15 is 0 Å². The number of carbonyl (C=O) groups is 4. The van der Waals surface area contributed by atoms with Crippen LogP contribution in [0.3, 0.4) is 0 Å². The maximum absolute atomic E-state index is 14.1. The van der Waals surface area contributed by atoms with E-state index in [1.807, 2.05) is 37.3 Å². The van der Waals surface area contributed by atoms with Gasteiger partial charge in [-0.2, -0.15) is 0 Å². The van der Waals surface area contributed by atoms with Crippen molar-refractivity contribution in [1.29, 1.82) is 0 Å². The quantitative estimate of drug-likeness (QED) is 0.0606. The highest BCUT2D eigenvalue weighted by Crippen LogP contribution is 2.41. The Morgan fingerprint density at radius 3 is 1.68 bits per heavy atom. The molecule has 2 heterocycles. The third kappa shape index (κ3) is 19.3. The van der Waals surface area contributed by atoms with Crippen molar-refractivity contribution in [2.24, 2.45) is 11.8 Å². The Morgan fingerprint density at radius 2 is 1.17 bits per heavy atom. The minimum absolute atomic E-state index is 0.0166. The fourth-order valence-electron chi connectivity index (χ4n) is 7.36. The van der Waals surface area contributed by atoms with Gasteiger partial charge in [-0.15, -0.1) is 0 Å². The first-order valence-electron chi connectivity index (χ1n) is 25.3. The predicted octanol–water partition coefficient (Wildman–Crippen LogP) is 12.7. The number of phenols is 1. The van der Waals surface area contributed by atoms with Gasteiger partial charge in [0.05, 0.1) is 12.2 Å². The van der Waals surface area contributed by atoms with E-state index in [-0.39, 0.29) is 65.4 Å². The summed E-state index contributed by atoms with van der Waals surface area (Å²) in [6.45, 7) is 33.5. The van der Waals surface area contributed by atoms with Gasteiger partial charge in [0.1, 0.15) is 48.0 Å². The number of benzene rings is 2. The molecule has 14 heteroatoms. The molecule has 0 aliphatic carbocycles. The Morgan fingerprint density at radius 1 is 0.694 bits per heavy atom. The SMILES string of the molecule is C=CCOC(=O)/C=C/CC1C[C@@H](O)[C@@H](C)C/C=C/Cc2cccc(O)c2C(=O)O1.C=CCOC(=O)/C=C/CC1C[C@@H](O[Si](C)(C)C(C)(C)C)[C@@H](C)C/C=C/Cc2cccc(O[Si](C)(C)C(C)(C)C)c2C(=O)O1. The van der Waals surface area contributed by atoms with Crippen LogP contribution in [0.1, 0.15) is 126 Å². The van der Waals surface area contributed by atoms with E-state index in [0.29, 0.717) is 49.0 Å². The minimum atomic E-state index is -2.24. The highest BCUT2D eigenvalue weighted by Gasteiger charge is 2.42. The molecule has 72 heavy (non-hydrogen) atoms. The second-order valence-corrected chi connectivity index (χ2v) is 31.3. The van der Waals surface area contributed by atoms with Crippen molar-refractivity contribution in [1.82, 2.24) is 0 Å². The number of fused-ring (bicyclic) bond motifs is 2. The largest absolute Gasteiger partial charge is 0.543 e. The number of ether oxygens (including phenoxy) is 4. The lowest BCUT2D eigenvalue weighted by molar-refractivity contribution is -0.137. The summed E-state index contributed by atoms with van der Waals surface area (Å²) in [4.78, 5) is 50.6. The van der Waals surface area contributed by atoms with Gasteiger partial charge >= 0.3 is 23.9 Å². The smallest absolute Gasteiger partial charge is 0.342 e. The first-order chi connectivity index (χ1) is 33.7. The summed E-state index contributed by atoms with van der Waals surface area (Å²) >= 11 is 0. The number of aromatic hydroxyl groups is 1. The number of aliphatic hydroxyl groups excluding tert-OH is 1. The van der Waals surface area contributed by atoms with E-state index in [1.165, 1.54) is 30.4 Å². The highest BCUT2D eigenvalue weighted by molar-refractivity contribution is 6.75. The molecule has 0 saturated heterocycles. The maximum atomic E-state index is 14.1. The molecule has 2 aromatic carbocycles. The molecule has 2 aliphatic rings. The van der Waals surface area contributed by atoms with E-state index < -0.39 is 58.8 Å². The highest BCUT2D eigenvalue weighted by atomic mass is 28.4. The van der Waals surface area contributed by atoms with Crippen LogP contribution in [0.5, 0.6) is 11.5 Å². The van der Waals surface area contributed by atoms with E-state index in [9.17, 15) is 29.4 Å². The van der Waals surface area contributed by atoms with Gasteiger partial charge in [0.2, 0.25) is 0 Å². The number of hydrogen-bond acceptors (Lipinski definition) is 12. The van der Waals surface area contributed by atoms with Crippen LogP contribution in [0.25, 0.3) is 0 Å². The molecule has 0 aromatic heterocycles. The lowest BCUT2D eigenvalue weighted by Gasteiger charge is -2.41. The topological polar surface area (TPSA) is 164 Å². The fourth-order valence-corrected chi connectivity index (χ4v) is 9.83. The van der Waals surface area contributed by atoms with E-state index in [1.54, 1.807) is 24.3 Å². The molecule has 12 nitrogen and oxygen atoms in total. The van der Waals surface area contributed by atoms with Crippen LogP contribution in [0.4, 0.5) is 0 Å². The molecule has 2 aliphatic heterocycles. The molecule has 0 spiro atoms. The van der Waals surface area contributed by atoms with Gasteiger partial charge in [0, 0.05) is 37.8 Å². The van der Waals surface area contributed by atoms with Crippen LogP contribution in [-0.2, 0) is 45.8 Å². The summed E-state index contributed by atoms with van der Waals surface area (Å²) in [5.74, 6) is -1.42. The molecule has 0 fully saturated rings. The fraction of sp³-hybridized carbons (Fsp3) is 0.517. The van der Waals surface area contributed by atoms with Crippen molar-refractivity contribution in [3.05, 3.63) is 133 Å². The number of rotatable bonds is 14. The molecule has 0 amide bonds. The van der Waals surface area contributed by atoms with Crippen LogP contribution < -0.4 is 4.43 Å². The standard InChI is InChI=1S/C35H56O6Si2.C23H28O6/c1-13-24-38-31(36)23-17-21-28-25-30(41-43(11,12)35(6,7)8)26(2)18-14-15-19-27-20-16-22-29(32(27)33(37)39-28)40-42(9,10)34(3,4)5;1-3-14-28-21(26)13-7-11-18-15-20(25)16(2)8-4-5-9-17-10-6-12-19(24)22(17)23(27)29-18/h13-17,20,22-23,26,28,30H,1,18-19,21,24-25H2,2-12H3;3-7,10,12-13,16,18,20,24-25H,1,8-9,11,14-15H2,2H3/b15-14+,23-17+;5-4+,13-7+/t26-,28?,30+;16-,18?,20+/m00/s1. The molecule has 0 bridgehead atoms. The Kier molecular flexibility index (Phi) is 23.9. The molecular formula is C58H84O12Si2. The monoisotopic (exact) mass is 1030 g/mol. The van der Waals surface area contributed by atoms with Gasteiger partial charge in [-0.25, -0.2) is 19.2 Å². The zero-order chi connectivity index (χ0) is 53.9. The van der Waals surface area contributed by atoms with Gasteiger partial charge in [-0.3, -0.25) is 0 Å². The van der Waals surface area contributed by atoms with E-state index in [4.69, 9.17) is 27.8 Å². The summed E-state index contributed by atoms with van der Waals surface area (Å²) in [6, 6.07) is 10.7. The number of cyclic esters (lactones) is 2. The molecule has 2 unspecified atom stereocenters. The lowest BCUT2D eigenvalue weighted by atomic mass is 9.93. The van der Waals surface area contributed by atoms with E-state index in [2.05, 4.69) is 100.0 Å². The predicted molar refractivity (Wildman–Crippen MR) is 291 cm³/mol. The maximum Gasteiger partial charge on any atom is 0.342 e. The lowest BCUT2D eigenvalue weighted by Crippen LogP contribution is -2.46. The van der Waals surface area contributed by atoms with Crippen LogP contribution >= 0.6 is 0 Å². The summed E-state index contributed by atoms with van der Waals surface area (Å²) in [5, 5.41) is 20.7. The van der Waals surface area contributed by atoms with Gasteiger partial charge in [0.15, 0.2) is 8.32 Å². The van der Waals surface area contributed by atoms with Crippen molar-refractivity contribution >= 4 is 40.5 Å². The molecule has 6 atom stereocenters. The Balaban J connectivity index is 0.000000410. The zero-order valence-corrected chi connectivity index (χ0v) is 47.2. The zero-order valence-electron chi connectivity index (χ0n) is 45.2. The first-order valence-corrected chi connectivity index (χ1v) is 31.1. The first kappa shape index (κ1) is 61.0. The summed E-state index contributed by atoms with van der Waals surface area (Å²) in [5.41, 5.74) is 2.15. The van der Waals surface area contributed by atoms with E-state index in [0.717, 1.165) is 12.0 Å². The van der Waals surface area contributed by atoms with Crippen LogP contribution in [-0.4, -0.2) is 88.4 Å². The van der Waals surface area contributed by atoms with Crippen molar-refractivity contribution in [3.8, 4) is 11.5 Å². The summed E-state index contributed by atoms with van der Waals surface area (Å²) in [6.07, 6.45) is 19.1. The third-order valence-corrected chi connectivity index (χ3v) is 22.8. The minimum Gasteiger partial charge on any atom is -0.543 e. The number of allylic oxidation sites excluding steroid dienone is 4. The van der Waals surface area contributed by atoms with Gasteiger partial charge in [-0.05, 0) is 97.0 Å². The number of hydrogen-bond donors (Lipinski definition) is 2. The van der Waals surface area contributed by atoms with Crippen LogP contribution in [0.2, 0.25) is 36.3 Å². The Bertz CT molecular complexity index is 2260. The van der Waals surface area contributed by atoms with Gasteiger partial charge in [-0.1, -0.05) is 141 Å². The molecular weight excluding hydrogens is 945 g/mol. The van der Waals surface area contributed by atoms with Crippen molar-refractivity contribution in [3.63, 3.8) is 0 Å². The molecule has 2 N–H and O–H groups in total. The second kappa shape index (κ2) is 28.2. The molecule has 0 saturated carbocycles. The summed E-state index contributed by atoms with van der Waals surface area (Å²) in [7, 11) is -4.37. The molecule has 2 aromatic rings. The third-order valence-electron chi connectivity index (χ3n) is 13.9. The van der Waals surface area contributed by atoms with Gasteiger partial charge in [0.25, 0.3) is 8.32 Å².